The van der Waals surface area contributed by atoms with Gasteiger partial charge in [0.2, 0.25) is 0 Å². The van der Waals surface area contributed by atoms with Gasteiger partial charge in [0.25, 0.3) is 0 Å². The van der Waals surface area contributed by atoms with Gasteiger partial charge in [-0.05, 0) is 40.5 Å². The summed E-state index contributed by atoms with van der Waals surface area (Å²) in [4.78, 5) is 12.9. The highest BCUT2D eigenvalue weighted by atomic mass is 79.9. The number of nitrogens with one attached hydrogen (secondary N) is 1. The van der Waals surface area contributed by atoms with Crippen molar-refractivity contribution in [2.75, 3.05) is 36.5 Å². The average molecular weight is 315 g/mol. The summed E-state index contributed by atoms with van der Waals surface area (Å²) in [6.07, 6.45) is -1.05. The molecular weight excluding hydrogens is 300 g/mol. The molecule has 1 saturated heterocycles. The Hall–Kier alpha value is -1.27. The first kappa shape index (κ1) is 13.2. The number of aryl methyl sites for hydroxylation is 1. The second-order valence-corrected chi connectivity index (χ2v) is 5.00. The Balaban J connectivity index is 2.26. The number of carbonyl (C=O) groups is 1. The highest BCUT2D eigenvalue weighted by molar-refractivity contribution is 9.10. The van der Waals surface area contributed by atoms with Crippen LogP contribution in [0.3, 0.4) is 0 Å². The topological polar surface area (TPSA) is 61.8 Å². The molecule has 0 atom stereocenters. The molecule has 1 aromatic carbocycles. The van der Waals surface area contributed by atoms with Crippen LogP contribution in [-0.2, 0) is 4.74 Å². The minimum absolute atomic E-state index is 0.603. The number of hydrogen-bond acceptors (Lipinski definition) is 3. The van der Waals surface area contributed by atoms with Gasteiger partial charge in [0, 0.05) is 23.2 Å². The lowest BCUT2D eigenvalue weighted by Gasteiger charge is -2.30. The number of ether oxygens (including phenoxy) is 1. The Bertz CT molecular complexity index is 459. The number of halogens is 1. The Kier molecular flexibility index (Phi) is 4.08. The van der Waals surface area contributed by atoms with Gasteiger partial charge in [0.15, 0.2) is 0 Å². The Morgan fingerprint density at radius 2 is 2.11 bits per heavy atom. The lowest BCUT2D eigenvalue weighted by molar-refractivity contribution is 0.122. The Morgan fingerprint density at radius 3 is 2.72 bits per heavy atom. The van der Waals surface area contributed by atoms with Crippen LogP contribution in [0.15, 0.2) is 16.6 Å². The van der Waals surface area contributed by atoms with Crippen LogP contribution < -0.4 is 10.2 Å². The molecule has 2 rings (SSSR count). The molecule has 1 aromatic rings. The zero-order chi connectivity index (χ0) is 13.1. The molecule has 0 saturated carbocycles. The quantitative estimate of drug-likeness (QED) is 0.881. The maximum absolute atomic E-state index is 10.7. The van der Waals surface area contributed by atoms with E-state index in [-0.39, 0.29) is 0 Å². The molecule has 1 amide bonds. The third kappa shape index (κ3) is 2.94. The van der Waals surface area contributed by atoms with E-state index < -0.39 is 6.09 Å². The van der Waals surface area contributed by atoms with E-state index in [4.69, 9.17) is 9.84 Å². The normalized spacial score (nSPS) is 15.6. The molecule has 6 heteroatoms. The van der Waals surface area contributed by atoms with Crippen molar-refractivity contribution in [3.63, 3.8) is 0 Å². The lowest BCUT2D eigenvalue weighted by atomic mass is 10.1. The van der Waals surface area contributed by atoms with E-state index >= 15 is 0 Å². The first-order valence-electron chi connectivity index (χ1n) is 5.70. The van der Waals surface area contributed by atoms with Crippen molar-refractivity contribution in [2.45, 2.75) is 6.92 Å². The van der Waals surface area contributed by atoms with Crippen LogP contribution >= 0.6 is 15.9 Å². The van der Waals surface area contributed by atoms with Crippen molar-refractivity contribution >= 4 is 33.4 Å². The summed E-state index contributed by atoms with van der Waals surface area (Å²) in [6, 6.07) is 3.79. The average Bonchev–Trinajstić information content (AvgIpc) is 2.34. The maximum Gasteiger partial charge on any atom is 0.409 e. The van der Waals surface area contributed by atoms with E-state index in [0.29, 0.717) is 5.69 Å². The highest BCUT2D eigenvalue weighted by Crippen LogP contribution is 2.32. The molecule has 98 valence electrons. The molecular formula is C12H15BrN2O3. The van der Waals surface area contributed by atoms with Crippen LogP contribution in [0.25, 0.3) is 0 Å². The van der Waals surface area contributed by atoms with Crippen LogP contribution in [0.2, 0.25) is 0 Å². The van der Waals surface area contributed by atoms with Gasteiger partial charge < -0.3 is 14.7 Å². The minimum Gasteiger partial charge on any atom is -0.465 e. The van der Waals surface area contributed by atoms with Crippen molar-refractivity contribution in [1.82, 2.24) is 0 Å². The Morgan fingerprint density at radius 1 is 1.44 bits per heavy atom. The van der Waals surface area contributed by atoms with Gasteiger partial charge in [-0.3, -0.25) is 5.32 Å². The van der Waals surface area contributed by atoms with Crippen LogP contribution in [-0.4, -0.2) is 37.5 Å². The first-order chi connectivity index (χ1) is 8.58. The van der Waals surface area contributed by atoms with Crippen molar-refractivity contribution in [3.8, 4) is 0 Å². The second kappa shape index (κ2) is 5.58. The summed E-state index contributed by atoms with van der Waals surface area (Å²) in [5.41, 5.74) is 2.58. The van der Waals surface area contributed by atoms with Gasteiger partial charge in [-0.2, -0.15) is 0 Å². The number of morpholine rings is 1. The number of nitrogens with zero attached hydrogens (tertiary/aromatic N) is 1. The van der Waals surface area contributed by atoms with E-state index in [0.717, 1.165) is 42.0 Å². The molecule has 0 unspecified atom stereocenters. The monoisotopic (exact) mass is 314 g/mol. The number of amides is 1. The van der Waals surface area contributed by atoms with Crippen LogP contribution in [0.1, 0.15) is 5.56 Å². The molecule has 0 spiro atoms. The molecule has 2 N–H and O–H groups in total. The SMILES string of the molecule is Cc1cc(N2CCOCC2)c(Br)cc1NC(=O)O. The third-order valence-corrected chi connectivity index (χ3v) is 3.52. The molecule has 1 heterocycles. The van der Waals surface area contributed by atoms with Gasteiger partial charge in [-0.25, -0.2) is 4.79 Å². The standard InChI is InChI=1S/C12H15BrN2O3/c1-8-6-11(15-2-4-18-5-3-15)9(13)7-10(8)14-12(16)17/h6-7,14H,2-5H2,1H3,(H,16,17). The number of rotatable bonds is 2. The summed E-state index contributed by atoms with van der Waals surface area (Å²) < 4.78 is 6.21. The highest BCUT2D eigenvalue weighted by Gasteiger charge is 2.16. The fourth-order valence-corrected chi connectivity index (χ4v) is 2.56. The van der Waals surface area contributed by atoms with Gasteiger partial charge in [0.05, 0.1) is 18.9 Å². The molecule has 0 aliphatic carbocycles. The summed E-state index contributed by atoms with van der Waals surface area (Å²) in [6.45, 7) is 5.04. The molecule has 1 fully saturated rings. The molecule has 0 bridgehead atoms. The zero-order valence-electron chi connectivity index (χ0n) is 10.1. The second-order valence-electron chi connectivity index (χ2n) is 4.15. The van der Waals surface area contributed by atoms with E-state index in [9.17, 15) is 4.79 Å². The fraction of sp³-hybridized carbons (Fsp3) is 0.417. The van der Waals surface area contributed by atoms with Gasteiger partial charge >= 0.3 is 6.09 Å². The lowest BCUT2D eigenvalue weighted by Crippen LogP contribution is -2.36. The molecule has 1 aliphatic rings. The number of hydrogen-bond donors (Lipinski definition) is 2. The largest absolute Gasteiger partial charge is 0.465 e. The van der Waals surface area contributed by atoms with Crippen LogP contribution in [0, 0.1) is 6.92 Å². The molecule has 0 aromatic heterocycles. The summed E-state index contributed by atoms with van der Waals surface area (Å²) in [5, 5.41) is 11.1. The minimum atomic E-state index is -1.05. The Labute approximate surface area is 114 Å². The van der Waals surface area contributed by atoms with Crippen molar-refractivity contribution in [2.24, 2.45) is 0 Å². The van der Waals surface area contributed by atoms with Gasteiger partial charge in [0.1, 0.15) is 0 Å². The summed E-state index contributed by atoms with van der Waals surface area (Å²) in [5.74, 6) is 0. The van der Waals surface area contributed by atoms with Crippen molar-refractivity contribution in [3.05, 3.63) is 22.2 Å². The fourth-order valence-electron chi connectivity index (χ4n) is 1.96. The smallest absolute Gasteiger partial charge is 0.409 e. The van der Waals surface area contributed by atoms with Crippen LogP contribution in [0.5, 0.6) is 0 Å². The van der Waals surface area contributed by atoms with Crippen molar-refractivity contribution < 1.29 is 14.6 Å². The number of carboxylic acid groups (broad SMARTS) is 1. The van der Waals surface area contributed by atoms with Crippen molar-refractivity contribution in [1.29, 1.82) is 0 Å². The maximum atomic E-state index is 10.7. The van der Waals surface area contributed by atoms with Gasteiger partial charge in [-0.15, -0.1) is 0 Å². The zero-order valence-corrected chi connectivity index (χ0v) is 11.7. The molecule has 1 aliphatic heterocycles. The molecule has 18 heavy (non-hydrogen) atoms. The van der Waals surface area contributed by atoms with Crippen LogP contribution in [0.4, 0.5) is 16.2 Å². The molecule has 0 radical (unpaired) electrons. The van der Waals surface area contributed by atoms with Gasteiger partial charge in [-0.1, -0.05) is 0 Å². The predicted octanol–water partition coefficient (Wildman–Crippen LogP) is 2.68. The summed E-state index contributed by atoms with van der Waals surface area (Å²) >= 11 is 3.49. The summed E-state index contributed by atoms with van der Waals surface area (Å²) in [7, 11) is 0. The number of benzene rings is 1. The number of anilines is 2. The van der Waals surface area contributed by atoms with E-state index in [1.165, 1.54) is 0 Å². The third-order valence-electron chi connectivity index (χ3n) is 2.89. The van der Waals surface area contributed by atoms with E-state index in [1.54, 1.807) is 6.07 Å². The predicted molar refractivity (Wildman–Crippen MR) is 73.6 cm³/mol. The van der Waals surface area contributed by atoms with E-state index in [2.05, 4.69) is 26.1 Å². The van der Waals surface area contributed by atoms with E-state index in [1.807, 2.05) is 13.0 Å². The molecule has 5 nitrogen and oxygen atoms in total. The first-order valence-corrected chi connectivity index (χ1v) is 6.50.